The van der Waals surface area contributed by atoms with Crippen molar-refractivity contribution in [2.75, 3.05) is 10.8 Å². The molecule has 0 unspecified atom stereocenters. The van der Waals surface area contributed by atoms with E-state index in [9.17, 15) is 4.39 Å². The highest BCUT2D eigenvalue weighted by molar-refractivity contribution is 8.02. The summed E-state index contributed by atoms with van der Waals surface area (Å²) in [7, 11) is 0. The van der Waals surface area contributed by atoms with E-state index < -0.39 is 0 Å². The minimum atomic E-state index is -0.261. The van der Waals surface area contributed by atoms with E-state index in [0.717, 1.165) is 34.3 Å². The molecule has 0 radical (unpaired) electrons. The van der Waals surface area contributed by atoms with Gasteiger partial charge >= 0.3 is 0 Å². The van der Waals surface area contributed by atoms with Crippen molar-refractivity contribution in [3.8, 4) is 0 Å². The van der Waals surface area contributed by atoms with Crippen LogP contribution >= 0.6 is 11.8 Å². The van der Waals surface area contributed by atoms with Crippen LogP contribution in [0.25, 0.3) is 11.3 Å². The van der Waals surface area contributed by atoms with Gasteiger partial charge < -0.3 is 4.90 Å². The molecule has 0 atom stereocenters. The number of imidazole rings is 1. The Bertz CT molecular complexity index is 997. The van der Waals surface area contributed by atoms with Crippen LogP contribution in [0.3, 0.4) is 0 Å². The van der Waals surface area contributed by atoms with Crippen LogP contribution in [-0.2, 0) is 5.41 Å². The second kappa shape index (κ2) is 6.16. The van der Waals surface area contributed by atoms with E-state index in [1.807, 2.05) is 11.3 Å². The summed E-state index contributed by atoms with van der Waals surface area (Å²) in [4.78, 5) is 6.86. The molecule has 3 nitrogen and oxygen atoms in total. The van der Waals surface area contributed by atoms with Gasteiger partial charge in [0.2, 0.25) is 0 Å². The zero-order valence-corrected chi connectivity index (χ0v) is 16.3. The summed E-state index contributed by atoms with van der Waals surface area (Å²) in [5.74, 6) is 0.579. The first-order chi connectivity index (χ1) is 12.3. The van der Waals surface area contributed by atoms with Gasteiger partial charge in [-0.2, -0.15) is 0 Å². The fraction of sp³-hybridized carbons (Fsp3) is 0.286. The highest BCUT2D eigenvalue weighted by Crippen LogP contribution is 2.37. The smallest absolute Gasteiger partial charge is 0.139 e. The molecule has 1 aromatic carbocycles. The molecule has 0 spiro atoms. The van der Waals surface area contributed by atoms with E-state index >= 15 is 0 Å². The van der Waals surface area contributed by atoms with E-state index in [1.165, 1.54) is 17.8 Å². The van der Waals surface area contributed by atoms with Crippen LogP contribution in [0, 0.1) is 12.7 Å². The van der Waals surface area contributed by atoms with E-state index in [1.54, 1.807) is 17.8 Å². The van der Waals surface area contributed by atoms with Gasteiger partial charge in [0, 0.05) is 11.9 Å². The zero-order valence-electron chi connectivity index (χ0n) is 15.5. The Balaban J connectivity index is 1.76. The van der Waals surface area contributed by atoms with Crippen LogP contribution in [0.4, 0.5) is 10.1 Å². The molecule has 1 aliphatic heterocycles. The highest BCUT2D eigenvalue weighted by atomic mass is 32.2. The van der Waals surface area contributed by atoms with Gasteiger partial charge in [0.15, 0.2) is 0 Å². The third-order valence-electron chi connectivity index (χ3n) is 4.73. The number of halogens is 1. The minimum Gasteiger partial charge on any atom is -0.329 e. The van der Waals surface area contributed by atoms with Crippen LogP contribution in [0.15, 0.2) is 48.0 Å². The van der Waals surface area contributed by atoms with Crippen molar-refractivity contribution >= 4 is 28.8 Å². The maximum atomic E-state index is 13.8. The molecule has 1 aliphatic rings. The Morgan fingerprint density at radius 3 is 2.50 bits per heavy atom. The van der Waals surface area contributed by atoms with Gasteiger partial charge in [-0.3, -0.25) is 4.40 Å². The SMILES string of the molecule is Cc1nc2ccc(F)cn2c1C1=CSCN1c1ccc(C(C)(C)C)cc1. The van der Waals surface area contributed by atoms with Crippen LogP contribution < -0.4 is 4.90 Å². The molecular formula is C21H22FN3S. The first kappa shape index (κ1) is 17.2. The molecule has 0 fully saturated rings. The summed E-state index contributed by atoms with van der Waals surface area (Å²) in [5, 5.41) is 2.14. The van der Waals surface area contributed by atoms with E-state index in [2.05, 4.69) is 60.3 Å². The van der Waals surface area contributed by atoms with E-state index in [-0.39, 0.29) is 11.2 Å². The Labute approximate surface area is 157 Å². The molecule has 5 heteroatoms. The van der Waals surface area contributed by atoms with E-state index in [0.29, 0.717) is 0 Å². The maximum Gasteiger partial charge on any atom is 0.139 e. The van der Waals surface area contributed by atoms with Crippen LogP contribution in [0.5, 0.6) is 0 Å². The fourth-order valence-electron chi connectivity index (χ4n) is 3.31. The van der Waals surface area contributed by atoms with Crippen molar-refractivity contribution in [2.24, 2.45) is 0 Å². The lowest BCUT2D eigenvalue weighted by Gasteiger charge is -2.24. The Hall–Kier alpha value is -2.27. The number of pyridine rings is 1. The molecule has 0 saturated heterocycles. The number of aromatic nitrogens is 2. The predicted molar refractivity (Wildman–Crippen MR) is 108 cm³/mol. The van der Waals surface area contributed by atoms with Crippen molar-refractivity contribution in [1.29, 1.82) is 0 Å². The minimum absolute atomic E-state index is 0.132. The Morgan fingerprint density at radius 1 is 1.08 bits per heavy atom. The van der Waals surface area contributed by atoms with Crippen molar-refractivity contribution in [3.05, 3.63) is 70.8 Å². The molecule has 0 aliphatic carbocycles. The summed E-state index contributed by atoms with van der Waals surface area (Å²) in [6.45, 7) is 8.63. The summed E-state index contributed by atoms with van der Waals surface area (Å²) in [6, 6.07) is 11.9. The first-order valence-electron chi connectivity index (χ1n) is 8.69. The standard InChI is InChI=1S/C21H22FN3S/c1-14-20(24-11-16(22)7-10-19(24)23-14)18-12-26-13-25(18)17-8-5-15(6-9-17)21(2,3)4/h5-12H,13H2,1-4H3. The third-order valence-corrected chi connectivity index (χ3v) is 5.53. The average molecular weight is 367 g/mol. The predicted octanol–water partition coefficient (Wildman–Crippen LogP) is 5.59. The van der Waals surface area contributed by atoms with E-state index in [4.69, 9.17) is 0 Å². The number of thioether (sulfide) groups is 1. The molecule has 2 aromatic heterocycles. The molecule has 26 heavy (non-hydrogen) atoms. The number of hydrogen-bond donors (Lipinski definition) is 0. The molecular weight excluding hydrogens is 345 g/mol. The Kier molecular flexibility index (Phi) is 4.07. The highest BCUT2D eigenvalue weighted by Gasteiger charge is 2.24. The number of aryl methyl sites for hydroxylation is 1. The normalized spacial score (nSPS) is 15.0. The van der Waals surface area contributed by atoms with Gasteiger partial charge in [-0.15, -0.1) is 11.8 Å². The van der Waals surface area contributed by atoms with Gasteiger partial charge in [0.25, 0.3) is 0 Å². The maximum absolute atomic E-state index is 13.8. The second-order valence-corrected chi connectivity index (χ2v) is 8.47. The monoisotopic (exact) mass is 367 g/mol. The molecule has 134 valence electrons. The van der Waals surface area contributed by atoms with Crippen LogP contribution in [0.2, 0.25) is 0 Å². The molecule has 0 amide bonds. The van der Waals surface area contributed by atoms with Crippen molar-refractivity contribution in [2.45, 2.75) is 33.1 Å². The van der Waals surface area contributed by atoms with Crippen molar-refractivity contribution in [3.63, 3.8) is 0 Å². The topological polar surface area (TPSA) is 20.5 Å². The summed E-state index contributed by atoms with van der Waals surface area (Å²) < 4.78 is 15.6. The quantitative estimate of drug-likeness (QED) is 0.589. The number of hydrogen-bond acceptors (Lipinski definition) is 3. The summed E-state index contributed by atoms with van der Waals surface area (Å²) in [5.41, 5.74) is 6.26. The largest absolute Gasteiger partial charge is 0.329 e. The lowest BCUT2D eigenvalue weighted by molar-refractivity contribution is 0.590. The average Bonchev–Trinajstić information content (AvgIpc) is 3.17. The lowest BCUT2D eigenvalue weighted by atomic mass is 9.87. The number of fused-ring (bicyclic) bond motifs is 1. The van der Waals surface area contributed by atoms with Gasteiger partial charge in [0.1, 0.15) is 11.5 Å². The zero-order chi connectivity index (χ0) is 18.5. The molecule has 4 rings (SSSR count). The summed E-state index contributed by atoms with van der Waals surface area (Å²) >= 11 is 1.74. The molecule has 3 aromatic rings. The molecule has 3 heterocycles. The molecule has 0 saturated carbocycles. The Morgan fingerprint density at radius 2 is 1.81 bits per heavy atom. The lowest BCUT2D eigenvalue weighted by Crippen LogP contribution is -2.19. The van der Waals surface area contributed by atoms with Gasteiger partial charge in [-0.1, -0.05) is 32.9 Å². The van der Waals surface area contributed by atoms with Crippen LogP contribution in [-0.4, -0.2) is 15.3 Å². The van der Waals surface area contributed by atoms with Gasteiger partial charge in [-0.25, -0.2) is 9.37 Å². The van der Waals surface area contributed by atoms with Crippen LogP contribution in [0.1, 0.15) is 37.7 Å². The van der Waals surface area contributed by atoms with Crippen molar-refractivity contribution < 1.29 is 4.39 Å². The summed E-state index contributed by atoms with van der Waals surface area (Å²) in [6.07, 6.45) is 1.51. The van der Waals surface area contributed by atoms with Crippen molar-refractivity contribution in [1.82, 2.24) is 9.38 Å². The molecule has 0 bridgehead atoms. The first-order valence-corrected chi connectivity index (χ1v) is 9.74. The van der Waals surface area contributed by atoms with Gasteiger partial charge in [-0.05, 0) is 47.6 Å². The number of rotatable bonds is 2. The number of benzene rings is 1. The van der Waals surface area contributed by atoms with Gasteiger partial charge in [0.05, 0.1) is 23.0 Å². The number of nitrogens with zero attached hydrogens (tertiary/aromatic N) is 3. The second-order valence-electron chi connectivity index (χ2n) is 7.65. The third kappa shape index (κ3) is 2.90. The molecule has 0 N–H and O–H groups in total. The fourth-order valence-corrected chi connectivity index (χ4v) is 4.22. The number of anilines is 1.